The van der Waals surface area contributed by atoms with Crippen LogP contribution in [0.15, 0.2) is 18.2 Å². The first-order chi connectivity index (χ1) is 9.88. The van der Waals surface area contributed by atoms with Gasteiger partial charge in [-0.15, -0.1) is 0 Å². The van der Waals surface area contributed by atoms with Crippen LogP contribution in [-0.2, 0) is 11.3 Å². The molecule has 1 aromatic rings. The Morgan fingerprint density at radius 3 is 2.48 bits per heavy atom. The molecule has 0 bridgehead atoms. The summed E-state index contributed by atoms with van der Waals surface area (Å²) in [7, 11) is 0. The lowest BCUT2D eigenvalue weighted by atomic mass is 10.2. The molecule has 0 saturated carbocycles. The molecule has 0 aliphatic heterocycles. The Balaban J connectivity index is 2.45. The number of nitrogens with one attached hydrogen (secondary N) is 1. The lowest BCUT2D eigenvalue weighted by molar-refractivity contribution is -0.0127. The maximum atomic E-state index is 13.9. The molecule has 1 atom stereocenters. The zero-order valence-corrected chi connectivity index (χ0v) is 13.2. The van der Waals surface area contributed by atoms with Crippen molar-refractivity contribution in [1.29, 1.82) is 0 Å². The van der Waals surface area contributed by atoms with Crippen LogP contribution < -0.4 is 10.1 Å². The van der Waals surface area contributed by atoms with E-state index in [1.165, 1.54) is 6.07 Å². The van der Waals surface area contributed by atoms with Gasteiger partial charge in [-0.25, -0.2) is 4.39 Å². The first kappa shape index (κ1) is 17.9. The van der Waals surface area contributed by atoms with E-state index in [0.29, 0.717) is 12.6 Å². The van der Waals surface area contributed by atoms with Crippen LogP contribution in [-0.4, -0.2) is 36.6 Å². The molecule has 0 fully saturated rings. The van der Waals surface area contributed by atoms with Gasteiger partial charge < -0.3 is 19.9 Å². The first-order valence-electron chi connectivity index (χ1n) is 7.32. The summed E-state index contributed by atoms with van der Waals surface area (Å²) in [4.78, 5) is 0. The molecule has 0 amide bonds. The van der Waals surface area contributed by atoms with Crippen LogP contribution >= 0.6 is 0 Å². The molecular weight excluding hydrogens is 273 g/mol. The van der Waals surface area contributed by atoms with Gasteiger partial charge in [0.25, 0.3) is 0 Å². The second-order valence-corrected chi connectivity index (χ2v) is 5.65. The van der Waals surface area contributed by atoms with Crippen LogP contribution in [0.2, 0.25) is 0 Å². The molecule has 0 saturated heterocycles. The van der Waals surface area contributed by atoms with Gasteiger partial charge in [0.2, 0.25) is 0 Å². The Morgan fingerprint density at radius 2 is 1.90 bits per heavy atom. The molecule has 1 rings (SSSR count). The normalized spacial score (nSPS) is 13.0. The average Bonchev–Trinajstić information content (AvgIpc) is 2.41. The Morgan fingerprint density at radius 1 is 1.19 bits per heavy atom. The molecule has 120 valence electrons. The molecule has 0 heterocycles. The third-order valence-corrected chi connectivity index (χ3v) is 2.76. The fraction of sp³-hybridized carbons (Fsp3) is 0.625. The predicted octanol–water partition coefficient (Wildman–Crippen LogP) is 2.49. The van der Waals surface area contributed by atoms with Gasteiger partial charge in [-0.3, -0.25) is 0 Å². The summed E-state index contributed by atoms with van der Waals surface area (Å²) in [5.74, 6) is -0.276. The number of aliphatic hydroxyl groups excluding tert-OH is 1. The van der Waals surface area contributed by atoms with Gasteiger partial charge in [-0.1, -0.05) is 19.9 Å². The maximum absolute atomic E-state index is 13.9. The van der Waals surface area contributed by atoms with Crippen LogP contribution in [0.4, 0.5) is 4.39 Å². The van der Waals surface area contributed by atoms with Gasteiger partial charge in [0, 0.05) is 12.6 Å². The molecular formula is C16H26FNO3. The van der Waals surface area contributed by atoms with E-state index in [-0.39, 0.29) is 25.1 Å². The van der Waals surface area contributed by atoms with Crippen molar-refractivity contribution in [1.82, 2.24) is 5.32 Å². The van der Waals surface area contributed by atoms with Gasteiger partial charge in [-0.2, -0.15) is 0 Å². The van der Waals surface area contributed by atoms with Crippen molar-refractivity contribution in [2.75, 3.05) is 13.2 Å². The molecule has 4 nitrogen and oxygen atoms in total. The van der Waals surface area contributed by atoms with E-state index in [0.717, 1.165) is 5.56 Å². The third kappa shape index (κ3) is 7.41. The zero-order chi connectivity index (χ0) is 15.8. The minimum Gasteiger partial charge on any atom is -0.488 e. The summed E-state index contributed by atoms with van der Waals surface area (Å²) in [6.45, 7) is 8.64. The van der Waals surface area contributed by atoms with Crippen molar-refractivity contribution < 1.29 is 19.0 Å². The highest BCUT2D eigenvalue weighted by Gasteiger charge is 2.10. The number of benzene rings is 1. The number of ether oxygens (including phenoxy) is 2. The second kappa shape index (κ2) is 8.97. The van der Waals surface area contributed by atoms with Crippen molar-refractivity contribution >= 4 is 0 Å². The number of hydrogen-bond acceptors (Lipinski definition) is 4. The number of rotatable bonds is 9. The number of halogens is 1. The molecule has 0 spiro atoms. The Kier molecular flexibility index (Phi) is 7.64. The lowest BCUT2D eigenvalue weighted by Gasteiger charge is -2.15. The van der Waals surface area contributed by atoms with E-state index in [2.05, 4.69) is 5.32 Å². The second-order valence-electron chi connectivity index (χ2n) is 5.65. The van der Waals surface area contributed by atoms with E-state index in [1.54, 1.807) is 6.07 Å². The summed E-state index contributed by atoms with van der Waals surface area (Å²) < 4.78 is 24.4. The van der Waals surface area contributed by atoms with Crippen LogP contribution in [0.1, 0.15) is 33.3 Å². The molecule has 0 radical (unpaired) electrons. The van der Waals surface area contributed by atoms with Gasteiger partial charge in [0.05, 0.1) is 12.7 Å². The highest BCUT2D eigenvalue weighted by Crippen LogP contribution is 2.18. The summed E-state index contributed by atoms with van der Waals surface area (Å²) >= 11 is 0. The summed E-state index contributed by atoms with van der Waals surface area (Å²) in [6, 6.07) is 5.19. The monoisotopic (exact) mass is 299 g/mol. The van der Waals surface area contributed by atoms with E-state index < -0.39 is 11.9 Å². The van der Waals surface area contributed by atoms with Crippen molar-refractivity contribution in [3.8, 4) is 5.75 Å². The highest BCUT2D eigenvalue weighted by atomic mass is 19.1. The minimum atomic E-state index is -0.769. The van der Waals surface area contributed by atoms with Crippen LogP contribution in [0, 0.1) is 5.82 Å². The summed E-state index contributed by atoms with van der Waals surface area (Å²) in [5, 5.41) is 12.9. The highest BCUT2D eigenvalue weighted by molar-refractivity contribution is 5.29. The van der Waals surface area contributed by atoms with E-state index in [9.17, 15) is 9.50 Å². The van der Waals surface area contributed by atoms with Crippen molar-refractivity contribution in [2.24, 2.45) is 0 Å². The van der Waals surface area contributed by atoms with Gasteiger partial charge >= 0.3 is 0 Å². The Bertz CT molecular complexity index is 424. The lowest BCUT2D eigenvalue weighted by Crippen LogP contribution is -2.25. The van der Waals surface area contributed by atoms with Crippen LogP contribution in [0.3, 0.4) is 0 Å². The van der Waals surface area contributed by atoms with Gasteiger partial charge in [0.15, 0.2) is 11.6 Å². The largest absolute Gasteiger partial charge is 0.488 e. The predicted molar refractivity (Wildman–Crippen MR) is 81.0 cm³/mol. The number of aliphatic hydroxyl groups is 1. The molecule has 1 aromatic carbocycles. The standard InChI is InChI=1S/C16H26FNO3/c1-11(2)18-8-13-5-6-16(15(17)7-13)21-10-14(19)9-20-12(3)4/h5-7,11-12,14,18-19H,8-10H2,1-4H3. The molecule has 21 heavy (non-hydrogen) atoms. The van der Waals surface area contributed by atoms with Crippen molar-refractivity contribution in [3.63, 3.8) is 0 Å². The van der Waals surface area contributed by atoms with Gasteiger partial charge in [0.1, 0.15) is 12.7 Å². The molecule has 0 aliphatic carbocycles. The molecule has 1 unspecified atom stereocenters. The van der Waals surface area contributed by atoms with Crippen LogP contribution in [0.25, 0.3) is 0 Å². The third-order valence-electron chi connectivity index (χ3n) is 2.76. The Labute approximate surface area is 126 Å². The zero-order valence-electron chi connectivity index (χ0n) is 13.2. The molecule has 2 N–H and O–H groups in total. The van der Waals surface area contributed by atoms with Gasteiger partial charge in [-0.05, 0) is 31.5 Å². The van der Waals surface area contributed by atoms with Crippen molar-refractivity contribution in [3.05, 3.63) is 29.6 Å². The van der Waals surface area contributed by atoms with Crippen LogP contribution in [0.5, 0.6) is 5.75 Å². The smallest absolute Gasteiger partial charge is 0.165 e. The quantitative estimate of drug-likeness (QED) is 0.735. The SMILES string of the molecule is CC(C)NCc1ccc(OCC(O)COC(C)C)c(F)c1. The van der Waals surface area contributed by atoms with Crippen molar-refractivity contribution in [2.45, 2.75) is 52.5 Å². The summed E-state index contributed by atoms with van der Waals surface area (Å²) in [6.07, 6.45) is -0.724. The van der Waals surface area contributed by atoms with E-state index in [1.807, 2.05) is 33.8 Å². The minimum absolute atomic E-state index is 0.00717. The maximum Gasteiger partial charge on any atom is 0.165 e. The molecule has 0 aromatic heterocycles. The number of hydrogen-bond donors (Lipinski definition) is 2. The first-order valence-corrected chi connectivity index (χ1v) is 7.32. The fourth-order valence-corrected chi connectivity index (χ4v) is 1.63. The molecule has 0 aliphatic rings. The molecule has 5 heteroatoms. The fourth-order valence-electron chi connectivity index (χ4n) is 1.63. The topological polar surface area (TPSA) is 50.7 Å². The summed E-state index contributed by atoms with van der Waals surface area (Å²) in [5.41, 5.74) is 0.859. The van der Waals surface area contributed by atoms with E-state index in [4.69, 9.17) is 9.47 Å². The van der Waals surface area contributed by atoms with E-state index >= 15 is 0 Å². The average molecular weight is 299 g/mol. The Hall–Kier alpha value is -1.17.